The zero-order chi connectivity index (χ0) is 13.4. The lowest BCUT2D eigenvalue weighted by Gasteiger charge is -2.42. The molecule has 19 heavy (non-hydrogen) atoms. The van der Waals surface area contributed by atoms with E-state index in [-0.39, 0.29) is 5.56 Å². The van der Waals surface area contributed by atoms with Crippen LogP contribution in [0, 0.1) is 5.92 Å². The number of rotatable bonds is 3. The molecule has 0 amide bonds. The molecule has 3 rings (SSSR count). The van der Waals surface area contributed by atoms with E-state index < -0.39 is 0 Å². The topological polar surface area (TPSA) is 38.1 Å². The third-order valence-electron chi connectivity index (χ3n) is 4.05. The summed E-state index contributed by atoms with van der Waals surface area (Å²) in [5.41, 5.74) is 2.36. The molecule has 0 bridgehead atoms. The molecule has 0 saturated carbocycles. The molecule has 1 fully saturated rings. The van der Waals surface area contributed by atoms with Crippen LogP contribution in [0.1, 0.15) is 25.1 Å². The van der Waals surface area contributed by atoms with Gasteiger partial charge in [0.05, 0.1) is 12.2 Å². The Kier molecular flexibility index (Phi) is 3.67. The Morgan fingerprint density at radius 3 is 3.00 bits per heavy atom. The summed E-state index contributed by atoms with van der Waals surface area (Å²) in [4.78, 5) is 14.5. The smallest absolute Gasteiger partial charge is 0.267 e. The number of aryl methyl sites for hydroxylation is 1. The van der Waals surface area contributed by atoms with Crippen molar-refractivity contribution < 1.29 is 0 Å². The molecule has 2 aliphatic rings. The summed E-state index contributed by atoms with van der Waals surface area (Å²) in [6.07, 6.45) is 1.00. The first-order chi connectivity index (χ1) is 9.13. The maximum absolute atomic E-state index is 12.1. The first kappa shape index (κ1) is 13.2. The van der Waals surface area contributed by atoms with E-state index >= 15 is 0 Å². The summed E-state index contributed by atoms with van der Waals surface area (Å²) in [5, 5.41) is 4.58. The number of thioether (sulfide) groups is 1. The van der Waals surface area contributed by atoms with Crippen molar-refractivity contribution in [3.05, 3.63) is 27.7 Å². The summed E-state index contributed by atoms with van der Waals surface area (Å²) in [5.74, 6) is 2.66. The fourth-order valence-corrected chi connectivity index (χ4v) is 3.73. The van der Waals surface area contributed by atoms with Crippen molar-refractivity contribution in [3.8, 4) is 0 Å². The van der Waals surface area contributed by atoms with Gasteiger partial charge in [-0.15, -0.1) is 0 Å². The van der Waals surface area contributed by atoms with E-state index in [4.69, 9.17) is 0 Å². The average Bonchev–Trinajstić information content (AvgIpc) is 2.33. The largest absolute Gasteiger partial charge is 0.300 e. The van der Waals surface area contributed by atoms with E-state index in [1.54, 1.807) is 10.7 Å². The van der Waals surface area contributed by atoms with Gasteiger partial charge in [0, 0.05) is 43.3 Å². The lowest BCUT2D eigenvalue weighted by molar-refractivity contribution is 0.0544. The van der Waals surface area contributed by atoms with Crippen molar-refractivity contribution in [1.82, 2.24) is 14.7 Å². The third-order valence-corrected chi connectivity index (χ3v) is 5.06. The summed E-state index contributed by atoms with van der Waals surface area (Å²) >= 11 is 1.89. The highest BCUT2D eigenvalue weighted by Gasteiger charge is 2.29. The highest BCUT2D eigenvalue weighted by molar-refractivity contribution is 7.98. The molecule has 104 valence electrons. The SMILES string of the molecule is CC(C)N1CC(Cn2nc3c(cc2=O)CSCC3)C1. The van der Waals surface area contributed by atoms with E-state index in [1.165, 1.54) is 0 Å². The molecule has 1 aromatic rings. The molecular weight excluding hydrogens is 258 g/mol. The maximum Gasteiger partial charge on any atom is 0.267 e. The van der Waals surface area contributed by atoms with Gasteiger partial charge >= 0.3 is 0 Å². The van der Waals surface area contributed by atoms with E-state index in [9.17, 15) is 4.79 Å². The molecule has 0 aromatic carbocycles. The molecule has 1 aromatic heterocycles. The number of likely N-dealkylation sites (tertiary alicyclic amines) is 1. The van der Waals surface area contributed by atoms with Crippen molar-refractivity contribution in [3.63, 3.8) is 0 Å². The van der Waals surface area contributed by atoms with Crippen LogP contribution < -0.4 is 5.56 Å². The first-order valence-electron chi connectivity index (χ1n) is 7.05. The summed E-state index contributed by atoms with van der Waals surface area (Å²) in [7, 11) is 0. The van der Waals surface area contributed by atoms with Gasteiger partial charge in [0.15, 0.2) is 0 Å². The lowest BCUT2D eigenvalue weighted by atomic mass is 9.98. The van der Waals surface area contributed by atoms with E-state index in [1.807, 2.05) is 11.8 Å². The fourth-order valence-electron chi connectivity index (χ4n) is 2.77. The van der Waals surface area contributed by atoms with Crippen LogP contribution in [-0.4, -0.2) is 39.6 Å². The minimum atomic E-state index is 0.0734. The van der Waals surface area contributed by atoms with Gasteiger partial charge in [-0.1, -0.05) is 0 Å². The number of hydrogen-bond donors (Lipinski definition) is 0. The molecule has 2 aliphatic heterocycles. The van der Waals surface area contributed by atoms with E-state index in [0.717, 1.165) is 48.8 Å². The van der Waals surface area contributed by atoms with E-state index in [0.29, 0.717) is 12.0 Å². The standard InChI is InChI=1S/C14H21N3OS/c1-10(2)16-6-11(7-16)8-17-14(18)5-12-9-19-4-3-13(12)15-17/h5,10-11H,3-4,6-9H2,1-2H3. The Morgan fingerprint density at radius 2 is 2.26 bits per heavy atom. The Morgan fingerprint density at radius 1 is 1.47 bits per heavy atom. The molecule has 0 atom stereocenters. The third kappa shape index (κ3) is 2.72. The Bertz CT molecular complexity index is 520. The molecule has 4 nitrogen and oxygen atoms in total. The highest BCUT2D eigenvalue weighted by atomic mass is 32.2. The molecule has 0 spiro atoms. The zero-order valence-corrected chi connectivity index (χ0v) is 12.4. The molecule has 0 unspecified atom stereocenters. The number of nitrogens with zero attached hydrogens (tertiary/aromatic N) is 3. The van der Waals surface area contributed by atoms with Crippen molar-refractivity contribution in [1.29, 1.82) is 0 Å². The number of fused-ring (bicyclic) bond motifs is 1. The maximum atomic E-state index is 12.1. The Balaban J connectivity index is 1.70. The Labute approximate surface area is 118 Å². The predicted octanol–water partition coefficient (Wildman–Crippen LogP) is 1.37. The van der Waals surface area contributed by atoms with Crippen LogP contribution in [-0.2, 0) is 18.7 Å². The molecule has 1 saturated heterocycles. The summed E-state index contributed by atoms with van der Waals surface area (Å²) in [6, 6.07) is 2.41. The van der Waals surface area contributed by atoms with Crippen LogP contribution in [0.15, 0.2) is 10.9 Å². The second kappa shape index (κ2) is 5.29. The van der Waals surface area contributed by atoms with Crippen LogP contribution in [0.25, 0.3) is 0 Å². The van der Waals surface area contributed by atoms with Crippen LogP contribution in [0.3, 0.4) is 0 Å². The Hall–Kier alpha value is -0.810. The normalized spacial score (nSPS) is 20.4. The summed E-state index contributed by atoms with van der Waals surface area (Å²) < 4.78 is 1.69. The average molecular weight is 279 g/mol. The monoisotopic (exact) mass is 279 g/mol. The minimum Gasteiger partial charge on any atom is -0.300 e. The van der Waals surface area contributed by atoms with Gasteiger partial charge in [0.2, 0.25) is 0 Å². The quantitative estimate of drug-likeness (QED) is 0.838. The van der Waals surface area contributed by atoms with Crippen molar-refractivity contribution in [2.24, 2.45) is 5.92 Å². The van der Waals surface area contributed by atoms with Gasteiger partial charge < -0.3 is 4.90 Å². The van der Waals surface area contributed by atoms with Gasteiger partial charge in [-0.05, 0) is 25.2 Å². The van der Waals surface area contributed by atoms with Gasteiger partial charge in [0.1, 0.15) is 0 Å². The van der Waals surface area contributed by atoms with Gasteiger partial charge in [-0.3, -0.25) is 4.79 Å². The first-order valence-corrected chi connectivity index (χ1v) is 8.20. The van der Waals surface area contributed by atoms with Crippen LogP contribution in [0.5, 0.6) is 0 Å². The number of hydrogen-bond acceptors (Lipinski definition) is 4. The minimum absolute atomic E-state index is 0.0734. The predicted molar refractivity (Wildman–Crippen MR) is 78.6 cm³/mol. The summed E-state index contributed by atoms with van der Waals surface area (Å²) in [6.45, 7) is 7.41. The second-order valence-corrected chi connectivity index (χ2v) is 6.96. The van der Waals surface area contributed by atoms with Crippen molar-refractivity contribution >= 4 is 11.8 Å². The van der Waals surface area contributed by atoms with E-state index in [2.05, 4.69) is 23.8 Å². The van der Waals surface area contributed by atoms with Gasteiger partial charge in [0.25, 0.3) is 5.56 Å². The van der Waals surface area contributed by atoms with Gasteiger partial charge in [-0.2, -0.15) is 16.9 Å². The lowest BCUT2D eigenvalue weighted by Crippen LogP contribution is -2.52. The molecule has 5 heteroatoms. The van der Waals surface area contributed by atoms with Crippen LogP contribution in [0.2, 0.25) is 0 Å². The fraction of sp³-hybridized carbons (Fsp3) is 0.714. The van der Waals surface area contributed by atoms with Crippen LogP contribution >= 0.6 is 11.8 Å². The molecule has 0 N–H and O–H groups in total. The van der Waals surface area contributed by atoms with Crippen molar-refractivity contribution in [2.75, 3.05) is 18.8 Å². The molecule has 3 heterocycles. The molecule has 0 radical (unpaired) electrons. The zero-order valence-electron chi connectivity index (χ0n) is 11.6. The van der Waals surface area contributed by atoms with Gasteiger partial charge in [-0.25, -0.2) is 4.68 Å². The number of aromatic nitrogens is 2. The molecular formula is C14H21N3OS. The van der Waals surface area contributed by atoms with Crippen molar-refractivity contribution in [2.45, 2.75) is 38.6 Å². The molecule has 0 aliphatic carbocycles. The second-order valence-electron chi connectivity index (χ2n) is 5.85. The van der Waals surface area contributed by atoms with Crippen LogP contribution in [0.4, 0.5) is 0 Å². The highest BCUT2D eigenvalue weighted by Crippen LogP contribution is 2.22.